The van der Waals surface area contributed by atoms with Crippen LogP contribution in [0.15, 0.2) is 65.7 Å². The maximum absolute atomic E-state index is 12.9. The van der Waals surface area contributed by atoms with E-state index in [4.69, 9.17) is 9.47 Å². The Morgan fingerprint density at radius 3 is 2.62 bits per heavy atom. The van der Waals surface area contributed by atoms with E-state index < -0.39 is 10.0 Å². The highest BCUT2D eigenvalue weighted by Gasteiger charge is 2.26. The van der Waals surface area contributed by atoms with Crippen molar-refractivity contribution in [2.45, 2.75) is 25.3 Å². The van der Waals surface area contributed by atoms with Crippen molar-refractivity contribution in [3.05, 3.63) is 83.0 Å². The van der Waals surface area contributed by atoms with Gasteiger partial charge >= 0.3 is 0 Å². The van der Waals surface area contributed by atoms with Crippen LogP contribution in [-0.4, -0.2) is 49.9 Å². The van der Waals surface area contributed by atoms with Crippen molar-refractivity contribution in [1.82, 2.24) is 14.6 Å². The van der Waals surface area contributed by atoms with Gasteiger partial charge in [-0.2, -0.15) is 4.31 Å². The zero-order valence-corrected chi connectivity index (χ0v) is 20.0. The molecule has 1 aliphatic heterocycles. The van der Waals surface area contributed by atoms with E-state index in [1.807, 2.05) is 38.1 Å². The molecule has 0 spiro atoms. The lowest BCUT2D eigenvalue weighted by molar-refractivity contribution is 0.0730. The van der Waals surface area contributed by atoms with Crippen molar-refractivity contribution in [1.29, 1.82) is 0 Å². The lowest BCUT2D eigenvalue weighted by Crippen LogP contribution is -2.40. The van der Waals surface area contributed by atoms with Crippen molar-refractivity contribution in [2.24, 2.45) is 0 Å². The number of carbonyl (C=O) groups excluding carboxylic acids is 1. The Morgan fingerprint density at radius 2 is 1.88 bits per heavy atom. The number of aromatic nitrogens is 1. The zero-order valence-electron chi connectivity index (χ0n) is 19.2. The fourth-order valence-electron chi connectivity index (χ4n) is 3.52. The standard InChI is InChI=1S/C25H27N3O5S/c1-18-6-7-19(2)23(14-18)33-24-9-8-20(16-26-24)17-27-25(29)21-4-3-5-22(15-21)34(30,31)28-10-12-32-13-11-28/h3-9,14-16H,10-13,17H2,1-2H3,(H,27,29). The number of sulfonamides is 1. The van der Waals surface area contributed by atoms with Crippen molar-refractivity contribution >= 4 is 15.9 Å². The van der Waals surface area contributed by atoms with E-state index in [0.717, 1.165) is 22.4 Å². The summed E-state index contributed by atoms with van der Waals surface area (Å²) >= 11 is 0. The minimum absolute atomic E-state index is 0.0941. The molecular weight excluding hydrogens is 454 g/mol. The number of pyridine rings is 1. The molecule has 2 aromatic carbocycles. The van der Waals surface area contributed by atoms with Crippen LogP contribution in [0.2, 0.25) is 0 Å². The number of rotatable bonds is 7. The van der Waals surface area contributed by atoms with Crippen molar-refractivity contribution in [3.8, 4) is 11.6 Å². The number of morpholine rings is 1. The number of carbonyl (C=O) groups is 1. The molecule has 1 saturated heterocycles. The smallest absolute Gasteiger partial charge is 0.251 e. The molecule has 9 heteroatoms. The first-order chi connectivity index (χ1) is 16.3. The molecule has 0 bridgehead atoms. The molecule has 0 atom stereocenters. The van der Waals surface area contributed by atoms with Gasteiger partial charge < -0.3 is 14.8 Å². The van der Waals surface area contributed by atoms with E-state index in [1.165, 1.54) is 16.4 Å². The highest BCUT2D eigenvalue weighted by Crippen LogP contribution is 2.25. The molecule has 1 aromatic heterocycles. The molecule has 1 aliphatic rings. The van der Waals surface area contributed by atoms with E-state index in [2.05, 4.69) is 10.3 Å². The molecule has 0 saturated carbocycles. The van der Waals surface area contributed by atoms with Crippen LogP contribution in [0.1, 0.15) is 27.0 Å². The summed E-state index contributed by atoms with van der Waals surface area (Å²) in [5.41, 5.74) is 3.18. The minimum Gasteiger partial charge on any atom is -0.439 e. The Kier molecular flexibility index (Phi) is 7.26. The van der Waals surface area contributed by atoms with E-state index in [9.17, 15) is 13.2 Å². The number of aryl methyl sites for hydroxylation is 2. The summed E-state index contributed by atoms with van der Waals surface area (Å²) in [5.74, 6) is 0.847. The highest BCUT2D eigenvalue weighted by molar-refractivity contribution is 7.89. The first kappa shape index (κ1) is 23.9. The minimum atomic E-state index is -3.67. The molecule has 1 amide bonds. The molecule has 4 rings (SSSR count). The quantitative estimate of drug-likeness (QED) is 0.555. The molecule has 0 radical (unpaired) electrons. The molecule has 0 unspecified atom stereocenters. The first-order valence-corrected chi connectivity index (χ1v) is 12.4. The largest absolute Gasteiger partial charge is 0.439 e. The lowest BCUT2D eigenvalue weighted by atomic mass is 10.1. The number of amides is 1. The monoisotopic (exact) mass is 481 g/mol. The summed E-state index contributed by atoms with van der Waals surface area (Å²) in [6.45, 7) is 5.54. The number of hydrogen-bond acceptors (Lipinski definition) is 6. The molecule has 3 aromatic rings. The maximum Gasteiger partial charge on any atom is 0.251 e. The second-order valence-electron chi connectivity index (χ2n) is 8.10. The number of nitrogens with one attached hydrogen (secondary N) is 1. The Labute approximate surface area is 199 Å². The third-order valence-electron chi connectivity index (χ3n) is 5.51. The number of benzene rings is 2. The van der Waals surface area contributed by atoms with Crippen LogP contribution in [0, 0.1) is 13.8 Å². The molecule has 2 heterocycles. The average Bonchev–Trinajstić information content (AvgIpc) is 2.86. The van der Waals surface area contributed by atoms with E-state index >= 15 is 0 Å². The van der Waals surface area contributed by atoms with E-state index in [0.29, 0.717) is 32.2 Å². The van der Waals surface area contributed by atoms with E-state index in [-0.39, 0.29) is 22.9 Å². The van der Waals surface area contributed by atoms with Crippen molar-refractivity contribution in [2.75, 3.05) is 26.3 Å². The van der Waals surface area contributed by atoms with Crippen LogP contribution in [-0.2, 0) is 21.3 Å². The van der Waals surface area contributed by atoms with Crippen molar-refractivity contribution < 1.29 is 22.7 Å². The normalized spacial score (nSPS) is 14.5. The SMILES string of the molecule is Cc1ccc(C)c(Oc2ccc(CNC(=O)c3cccc(S(=O)(=O)N4CCOCC4)c3)cn2)c1. The van der Waals surface area contributed by atoms with Gasteiger partial charge in [0.15, 0.2) is 0 Å². The van der Waals surface area contributed by atoms with Crippen LogP contribution >= 0.6 is 0 Å². The van der Waals surface area contributed by atoms with Crippen LogP contribution in [0.25, 0.3) is 0 Å². The van der Waals surface area contributed by atoms with Crippen molar-refractivity contribution in [3.63, 3.8) is 0 Å². The molecule has 34 heavy (non-hydrogen) atoms. The van der Waals surface area contributed by atoms with Crippen LogP contribution in [0.3, 0.4) is 0 Å². The van der Waals surface area contributed by atoms with Gasteiger partial charge in [0.05, 0.1) is 18.1 Å². The fraction of sp³-hybridized carbons (Fsp3) is 0.280. The molecular formula is C25H27N3O5S. The first-order valence-electron chi connectivity index (χ1n) is 11.0. The topological polar surface area (TPSA) is 97.8 Å². The summed E-state index contributed by atoms with van der Waals surface area (Å²) < 4.78 is 38.2. The Balaban J connectivity index is 1.38. The molecule has 0 aliphatic carbocycles. The van der Waals surface area contributed by atoms with Gasteiger partial charge in [-0.1, -0.05) is 24.3 Å². The lowest BCUT2D eigenvalue weighted by Gasteiger charge is -2.26. The van der Waals surface area contributed by atoms with Crippen LogP contribution < -0.4 is 10.1 Å². The van der Waals surface area contributed by atoms with Crippen LogP contribution in [0.4, 0.5) is 0 Å². The average molecular weight is 482 g/mol. The maximum atomic E-state index is 12.9. The van der Waals surface area contributed by atoms with Gasteiger partial charge in [-0.05, 0) is 54.8 Å². The number of nitrogens with zero attached hydrogens (tertiary/aromatic N) is 2. The van der Waals surface area contributed by atoms with Gasteiger partial charge in [0.25, 0.3) is 5.91 Å². The van der Waals surface area contributed by atoms with Gasteiger partial charge in [0.1, 0.15) is 5.75 Å². The van der Waals surface area contributed by atoms with Gasteiger partial charge in [0, 0.05) is 37.5 Å². The third kappa shape index (κ3) is 5.61. The van der Waals surface area contributed by atoms with E-state index in [1.54, 1.807) is 24.4 Å². The second kappa shape index (κ2) is 10.3. The Morgan fingerprint density at radius 1 is 1.09 bits per heavy atom. The Hall–Kier alpha value is -3.27. The van der Waals surface area contributed by atoms with Gasteiger partial charge in [-0.3, -0.25) is 4.79 Å². The summed E-state index contributed by atoms with van der Waals surface area (Å²) in [5, 5.41) is 2.81. The molecule has 8 nitrogen and oxygen atoms in total. The number of ether oxygens (including phenoxy) is 2. The highest BCUT2D eigenvalue weighted by atomic mass is 32.2. The third-order valence-corrected chi connectivity index (χ3v) is 7.41. The van der Waals surface area contributed by atoms with Crippen LogP contribution in [0.5, 0.6) is 11.6 Å². The Bertz CT molecular complexity index is 1270. The zero-order chi connectivity index (χ0) is 24.1. The summed E-state index contributed by atoms with van der Waals surface area (Å²) in [6.07, 6.45) is 1.64. The summed E-state index contributed by atoms with van der Waals surface area (Å²) in [6, 6.07) is 15.6. The summed E-state index contributed by atoms with van der Waals surface area (Å²) in [4.78, 5) is 17.1. The molecule has 178 valence electrons. The molecule has 1 N–H and O–H groups in total. The molecule has 1 fully saturated rings. The number of hydrogen-bond donors (Lipinski definition) is 1. The van der Waals surface area contributed by atoms with Gasteiger partial charge in [-0.25, -0.2) is 13.4 Å². The predicted octanol–water partition coefficient (Wildman–Crippen LogP) is 3.44. The summed E-state index contributed by atoms with van der Waals surface area (Å²) in [7, 11) is -3.67. The fourth-order valence-corrected chi connectivity index (χ4v) is 4.98. The second-order valence-corrected chi connectivity index (χ2v) is 10.0. The van der Waals surface area contributed by atoms with Gasteiger partial charge in [-0.15, -0.1) is 0 Å². The predicted molar refractivity (Wildman–Crippen MR) is 127 cm³/mol. The van der Waals surface area contributed by atoms with Gasteiger partial charge in [0.2, 0.25) is 15.9 Å².